The van der Waals surface area contributed by atoms with Gasteiger partial charge in [-0.15, -0.1) is 13.0 Å². The molecule has 0 radical (unpaired) electrons. The fourth-order valence-electron chi connectivity index (χ4n) is 1.32. The average Bonchev–Trinajstić information content (AvgIpc) is 2.42. The molecule has 0 N–H and O–H groups in total. The van der Waals surface area contributed by atoms with Crippen molar-refractivity contribution < 1.29 is 57.4 Å². The maximum Gasteiger partial charge on any atom is 0.508 e. The van der Waals surface area contributed by atoms with Crippen LogP contribution in [0.4, 0.5) is 31.1 Å². The standard InChI is InChI=1S/C11H13F6O7S2/c1-3-4-5-23-9(18)24-7(2)6-8(25(19,20)10(12,13)14)26(21,22)11(15,16)17/h3,7H,1,4-6H2,2H3/q-1. The molecule has 7 nitrogen and oxygen atoms in total. The number of alkyl halides is 6. The molecule has 1 unspecified atom stereocenters. The second kappa shape index (κ2) is 8.45. The van der Waals surface area contributed by atoms with E-state index < -0.39 is 54.0 Å². The van der Waals surface area contributed by atoms with Crippen molar-refractivity contribution in [2.45, 2.75) is 36.9 Å². The van der Waals surface area contributed by atoms with E-state index >= 15 is 0 Å². The Balaban J connectivity index is 5.60. The third kappa shape index (κ3) is 6.03. The van der Waals surface area contributed by atoms with E-state index in [-0.39, 0.29) is 13.0 Å². The molecule has 0 aliphatic heterocycles. The Hall–Kier alpha value is -1.51. The van der Waals surface area contributed by atoms with Crippen molar-refractivity contribution in [2.75, 3.05) is 6.61 Å². The van der Waals surface area contributed by atoms with E-state index in [9.17, 15) is 48.0 Å². The lowest BCUT2D eigenvalue weighted by Crippen LogP contribution is -2.41. The zero-order valence-corrected chi connectivity index (χ0v) is 14.6. The van der Waals surface area contributed by atoms with E-state index in [1.54, 1.807) is 0 Å². The first-order valence-corrected chi connectivity index (χ1v) is 9.38. The summed E-state index contributed by atoms with van der Waals surface area (Å²) in [5.74, 6) is 0. The highest BCUT2D eigenvalue weighted by molar-refractivity contribution is 8.13. The Morgan fingerprint density at radius 3 is 1.85 bits per heavy atom. The second-order valence-electron chi connectivity index (χ2n) is 4.58. The number of sulfone groups is 2. The van der Waals surface area contributed by atoms with Crippen LogP contribution in [0, 0.1) is 4.58 Å². The van der Waals surface area contributed by atoms with Gasteiger partial charge < -0.3 is 9.47 Å². The van der Waals surface area contributed by atoms with E-state index in [1.807, 2.05) is 0 Å². The van der Waals surface area contributed by atoms with Crippen LogP contribution in [0.3, 0.4) is 0 Å². The molecule has 15 heteroatoms. The summed E-state index contributed by atoms with van der Waals surface area (Å²) in [5.41, 5.74) is -12.6. The molecule has 0 rings (SSSR count). The Kier molecular flexibility index (Phi) is 7.96. The molecule has 0 fully saturated rings. The molecule has 0 aromatic rings. The lowest BCUT2D eigenvalue weighted by Gasteiger charge is -2.33. The van der Waals surface area contributed by atoms with Gasteiger partial charge in [0.25, 0.3) is 0 Å². The molecule has 26 heavy (non-hydrogen) atoms. The van der Waals surface area contributed by atoms with Gasteiger partial charge in [0.15, 0.2) is 0 Å². The van der Waals surface area contributed by atoms with Crippen LogP contribution in [0.25, 0.3) is 0 Å². The number of hydrogen-bond donors (Lipinski definition) is 0. The third-order valence-electron chi connectivity index (χ3n) is 2.50. The third-order valence-corrected chi connectivity index (χ3v) is 6.57. The highest BCUT2D eigenvalue weighted by Crippen LogP contribution is 2.43. The fourth-order valence-corrected chi connectivity index (χ4v) is 4.47. The van der Waals surface area contributed by atoms with Crippen LogP contribution in [0.5, 0.6) is 0 Å². The molecular weight excluding hydrogens is 422 g/mol. The number of rotatable bonds is 8. The normalized spacial score (nSPS) is 14.8. The molecule has 0 saturated heterocycles. The lowest BCUT2D eigenvalue weighted by molar-refractivity contribution is -0.0459. The number of hydrogen-bond acceptors (Lipinski definition) is 7. The predicted molar refractivity (Wildman–Crippen MR) is 74.5 cm³/mol. The fraction of sp³-hybridized carbons (Fsp3) is 0.636. The van der Waals surface area contributed by atoms with E-state index in [2.05, 4.69) is 16.1 Å². The minimum Gasteiger partial charge on any atom is -0.434 e. The summed E-state index contributed by atoms with van der Waals surface area (Å²) in [6.07, 6.45) is -3.97. The van der Waals surface area contributed by atoms with Gasteiger partial charge in [-0.1, -0.05) is 10.7 Å². The first kappa shape index (κ1) is 24.5. The van der Waals surface area contributed by atoms with E-state index in [0.29, 0.717) is 6.92 Å². The predicted octanol–water partition coefficient (Wildman–Crippen LogP) is 2.85. The monoisotopic (exact) mass is 435 g/mol. The number of carbonyl (C=O) groups is 1. The van der Waals surface area contributed by atoms with Gasteiger partial charge in [0, 0.05) is 0 Å². The first-order chi connectivity index (χ1) is 11.5. The van der Waals surface area contributed by atoms with Gasteiger partial charge in [0.1, 0.15) is 19.7 Å². The molecular formula is C11H13F6O7S2-. The van der Waals surface area contributed by atoms with Crippen molar-refractivity contribution in [1.82, 2.24) is 0 Å². The topological polar surface area (TPSA) is 104 Å². The molecule has 0 aliphatic rings. The average molecular weight is 435 g/mol. The van der Waals surface area contributed by atoms with Crippen molar-refractivity contribution in [2.24, 2.45) is 0 Å². The second-order valence-corrected chi connectivity index (χ2v) is 8.76. The minimum absolute atomic E-state index is 0.145. The van der Waals surface area contributed by atoms with Crippen molar-refractivity contribution in [3.05, 3.63) is 17.2 Å². The lowest BCUT2D eigenvalue weighted by atomic mass is 10.3. The summed E-state index contributed by atoms with van der Waals surface area (Å²) in [7, 11) is -13.7. The summed E-state index contributed by atoms with van der Waals surface area (Å²) in [5, 5.41) is 0. The van der Waals surface area contributed by atoms with Gasteiger partial charge in [-0.25, -0.2) is 4.79 Å². The van der Waals surface area contributed by atoms with Gasteiger partial charge in [0.05, 0.1) is 12.7 Å². The zero-order chi connectivity index (χ0) is 21.0. The van der Waals surface area contributed by atoms with Gasteiger partial charge in [0.2, 0.25) is 0 Å². The summed E-state index contributed by atoms with van der Waals surface area (Å²) in [4.78, 5) is 11.2. The van der Waals surface area contributed by atoms with Crippen LogP contribution in [-0.2, 0) is 29.1 Å². The number of halogens is 6. The zero-order valence-electron chi connectivity index (χ0n) is 12.9. The van der Waals surface area contributed by atoms with Crippen LogP contribution in [0.2, 0.25) is 0 Å². The van der Waals surface area contributed by atoms with E-state index in [4.69, 9.17) is 0 Å². The van der Waals surface area contributed by atoms with Crippen molar-refractivity contribution >= 4 is 25.8 Å². The molecule has 0 saturated carbocycles. The van der Waals surface area contributed by atoms with Gasteiger partial charge in [-0.3, -0.25) is 16.8 Å². The van der Waals surface area contributed by atoms with Gasteiger partial charge >= 0.3 is 17.2 Å². The molecule has 1 atom stereocenters. The highest BCUT2D eigenvalue weighted by Gasteiger charge is 2.54. The minimum atomic E-state index is -6.87. The van der Waals surface area contributed by atoms with Crippen LogP contribution in [0.1, 0.15) is 19.8 Å². The van der Waals surface area contributed by atoms with Crippen molar-refractivity contribution in [3.8, 4) is 0 Å². The quantitative estimate of drug-likeness (QED) is 0.190. The van der Waals surface area contributed by atoms with Crippen LogP contribution in [-0.4, -0.2) is 46.7 Å². The Labute approximate surface area is 144 Å². The molecule has 0 aromatic carbocycles. The SMILES string of the molecule is C=CCCOC(=O)OC(C)C[C-](S(=O)(=O)C(F)(F)F)S(=O)(=O)C(F)(F)F. The molecule has 0 aliphatic carbocycles. The largest absolute Gasteiger partial charge is 0.508 e. The molecule has 0 spiro atoms. The summed E-state index contributed by atoms with van der Waals surface area (Å²) >= 11 is 0. The Morgan fingerprint density at radius 2 is 1.50 bits per heavy atom. The van der Waals surface area contributed by atoms with Gasteiger partial charge in [-0.2, -0.15) is 26.3 Å². The summed E-state index contributed by atoms with van der Waals surface area (Å²) in [6.45, 7) is 3.68. The maximum absolute atomic E-state index is 12.5. The summed E-state index contributed by atoms with van der Waals surface area (Å²) < 4.78 is 126. The van der Waals surface area contributed by atoms with Crippen molar-refractivity contribution in [1.29, 1.82) is 0 Å². The Bertz CT molecular complexity index is 664. The maximum atomic E-state index is 12.5. The van der Waals surface area contributed by atoms with E-state index in [0.717, 1.165) is 0 Å². The summed E-state index contributed by atoms with van der Waals surface area (Å²) in [6, 6.07) is 0. The first-order valence-electron chi connectivity index (χ1n) is 6.41. The smallest absolute Gasteiger partial charge is 0.434 e. The van der Waals surface area contributed by atoms with Crippen LogP contribution in [0.15, 0.2) is 12.7 Å². The van der Waals surface area contributed by atoms with Crippen LogP contribution < -0.4 is 0 Å². The van der Waals surface area contributed by atoms with Crippen molar-refractivity contribution in [3.63, 3.8) is 0 Å². The van der Waals surface area contributed by atoms with E-state index in [1.165, 1.54) is 6.08 Å². The molecule has 0 bridgehead atoms. The molecule has 0 aromatic heterocycles. The van der Waals surface area contributed by atoms with Gasteiger partial charge in [-0.05, 0) is 13.3 Å². The molecule has 0 amide bonds. The number of ether oxygens (including phenoxy) is 2. The number of carbonyl (C=O) groups excluding carboxylic acids is 1. The molecule has 154 valence electrons. The van der Waals surface area contributed by atoms with Crippen LogP contribution >= 0.6 is 0 Å². The Morgan fingerprint density at radius 1 is 1.08 bits per heavy atom. The molecule has 0 heterocycles. The highest BCUT2D eigenvalue weighted by atomic mass is 32.3.